The number of hydrogen-bond donors (Lipinski definition) is 8. The van der Waals surface area contributed by atoms with Crippen LogP contribution in [0.3, 0.4) is 0 Å². The molecule has 1 saturated carbocycles. The topological polar surface area (TPSA) is 233 Å². The number of aliphatic hydroxyl groups is 2. The van der Waals surface area contributed by atoms with Crippen molar-refractivity contribution in [2.24, 2.45) is 11.8 Å². The van der Waals surface area contributed by atoms with Gasteiger partial charge in [-0.1, -0.05) is 55.5 Å². The highest BCUT2D eigenvalue weighted by atomic mass is 16.6. The molecule has 2 fully saturated rings. The molecule has 3 aromatic carbocycles. The molecule has 1 spiro atoms. The van der Waals surface area contributed by atoms with Gasteiger partial charge in [-0.25, -0.2) is 14.4 Å². The minimum atomic E-state index is -2.70. The third kappa shape index (κ3) is 6.36. The quantitative estimate of drug-likeness (QED) is 0.0464. The highest BCUT2D eigenvalue weighted by Crippen LogP contribution is 2.62. The summed E-state index contributed by atoms with van der Waals surface area (Å²) in [6, 6.07) is 14.8. The number of fused-ring (bicyclic) bond motifs is 1. The van der Waals surface area contributed by atoms with Crippen molar-refractivity contribution in [3.05, 3.63) is 107 Å². The summed E-state index contributed by atoms with van der Waals surface area (Å²) in [6.07, 6.45) is 5.18. The second-order valence-corrected chi connectivity index (χ2v) is 13.7. The van der Waals surface area contributed by atoms with Gasteiger partial charge in [-0.05, 0) is 78.6 Å². The molecule has 2 unspecified atom stereocenters. The van der Waals surface area contributed by atoms with Crippen molar-refractivity contribution in [3.63, 3.8) is 0 Å². The van der Waals surface area contributed by atoms with Crippen LogP contribution < -0.4 is 5.32 Å². The monoisotopic (exact) mass is 743 g/mol. The highest BCUT2D eigenvalue weighted by molar-refractivity contribution is 5.89. The van der Waals surface area contributed by atoms with E-state index < -0.39 is 82.0 Å². The SMILES string of the molecule is CCc1cccc(C[C@@H]2[C@@H](OC(=O)/C=C/c3ccc(O)c(O)c3)[C@@]3(OC(=O)/C=C/c4ccc(O)c(O)c4)C4(C=CC(CO4)[C@@]3(O)NC)C[C@]2(O)C(=O)O)c1. The van der Waals surface area contributed by atoms with E-state index in [0.717, 1.165) is 17.7 Å². The van der Waals surface area contributed by atoms with E-state index in [1.54, 1.807) is 18.2 Å². The largest absolute Gasteiger partial charge is 0.504 e. The van der Waals surface area contributed by atoms with Crippen LogP contribution in [0.5, 0.6) is 23.0 Å². The molecule has 2 aliphatic carbocycles. The molecular weight excluding hydrogens is 702 g/mol. The molecule has 1 saturated heterocycles. The van der Waals surface area contributed by atoms with Crippen LogP contribution in [0, 0.1) is 11.8 Å². The first-order valence-electron chi connectivity index (χ1n) is 17.2. The molecule has 3 aromatic rings. The van der Waals surface area contributed by atoms with Crippen molar-refractivity contribution in [1.29, 1.82) is 0 Å². The van der Waals surface area contributed by atoms with Crippen LogP contribution in [0.2, 0.25) is 0 Å². The number of carboxylic acids is 1. The number of aryl methyl sites for hydroxylation is 1. The Balaban J connectivity index is 1.53. The summed E-state index contributed by atoms with van der Waals surface area (Å²) in [5, 5.41) is 78.0. The third-order valence-electron chi connectivity index (χ3n) is 10.7. The maximum atomic E-state index is 14.0. The fraction of sp³-hybridized carbons (Fsp3) is 0.325. The lowest BCUT2D eigenvalue weighted by Crippen LogP contribution is -2.90. The summed E-state index contributed by atoms with van der Waals surface area (Å²) in [6.45, 7) is 1.73. The molecule has 7 rings (SSSR count). The molecular formula is C40H41NO13. The molecule has 284 valence electrons. The summed E-state index contributed by atoms with van der Waals surface area (Å²) >= 11 is 0. The molecule has 2 bridgehead atoms. The van der Waals surface area contributed by atoms with Crippen LogP contribution in [0.25, 0.3) is 12.2 Å². The van der Waals surface area contributed by atoms with Crippen LogP contribution in [-0.4, -0.2) is 95.9 Å². The zero-order valence-corrected chi connectivity index (χ0v) is 29.4. The first-order chi connectivity index (χ1) is 25.6. The van der Waals surface area contributed by atoms with E-state index in [1.165, 1.54) is 61.7 Å². The molecule has 2 heterocycles. The Morgan fingerprint density at radius 2 is 1.48 bits per heavy atom. The van der Waals surface area contributed by atoms with E-state index in [2.05, 4.69) is 5.32 Å². The minimum Gasteiger partial charge on any atom is -0.504 e. The number of carboxylic acid groups (broad SMARTS) is 1. The molecule has 54 heavy (non-hydrogen) atoms. The number of carbonyl (C=O) groups is 3. The lowest BCUT2D eigenvalue weighted by molar-refractivity contribution is -0.377. The van der Waals surface area contributed by atoms with Gasteiger partial charge in [-0.2, -0.15) is 0 Å². The average molecular weight is 744 g/mol. The molecule has 14 heteroatoms. The zero-order chi connectivity index (χ0) is 39.1. The molecule has 7 atom stereocenters. The maximum absolute atomic E-state index is 14.0. The zero-order valence-electron chi connectivity index (χ0n) is 29.4. The number of aliphatic carboxylic acids is 1. The van der Waals surface area contributed by atoms with Gasteiger partial charge in [0.2, 0.25) is 5.60 Å². The average Bonchev–Trinajstić information content (AvgIpc) is 3.15. The number of nitrogens with one attached hydrogen (secondary N) is 1. The van der Waals surface area contributed by atoms with E-state index in [0.29, 0.717) is 12.0 Å². The Labute approximate surface area is 309 Å². The number of rotatable bonds is 11. The lowest BCUT2D eigenvalue weighted by Gasteiger charge is -2.68. The Morgan fingerprint density at radius 3 is 2.02 bits per heavy atom. The molecule has 2 aliphatic heterocycles. The van der Waals surface area contributed by atoms with E-state index in [-0.39, 0.29) is 29.9 Å². The van der Waals surface area contributed by atoms with E-state index in [1.807, 2.05) is 19.1 Å². The predicted molar refractivity (Wildman–Crippen MR) is 192 cm³/mol. The molecule has 4 aliphatic rings. The highest BCUT2D eigenvalue weighted by Gasteiger charge is 2.83. The number of likely N-dealkylation sites (N-methyl/N-ethyl adjacent to an activating group) is 1. The summed E-state index contributed by atoms with van der Waals surface area (Å²) in [4.78, 5) is 41.1. The second kappa shape index (κ2) is 14.3. The van der Waals surface area contributed by atoms with Crippen molar-refractivity contribution in [3.8, 4) is 23.0 Å². The van der Waals surface area contributed by atoms with E-state index in [9.17, 15) is 50.1 Å². The molecule has 0 radical (unpaired) electrons. The Morgan fingerprint density at radius 1 is 0.870 bits per heavy atom. The van der Waals surface area contributed by atoms with Gasteiger partial charge in [0.15, 0.2) is 40.4 Å². The van der Waals surface area contributed by atoms with Crippen molar-refractivity contribution >= 4 is 30.1 Å². The molecule has 14 nitrogen and oxygen atoms in total. The van der Waals surface area contributed by atoms with Crippen molar-refractivity contribution in [2.75, 3.05) is 13.7 Å². The number of carbonyl (C=O) groups excluding carboxylic acids is 2. The number of esters is 2. The number of phenols is 4. The smallest absolute Gasteiger partial charge is 0.336 e. The number of hydrogen-bond acceptors (Lipinski definition) is 13. The first-order valence-corrected chi connectivity index (χ1v) is 17.2. The van der Waals surface area contributed by atoms with Gasteiger partial charge in [-0.15, -0.1) is 0 Å². The van der Waals surface area contributed by atoms with Gasteiger partial charge in [0, 0.05) is 30.4 Å². The third-order valence-corrected chi connectivity index (χ3v) is 10.7. The fourth-order valence-corrected chi connectivity index (χ4v) is 7.94. The van der Waals surface area contributed by atoms with Crippen LogP contribution in [0.1, 0.15) is 35.6 Å². The Hall–Kier alpha value is -5.67. The van der Waals surface area contributed by atoms with Gasteiger partial charge >= 0.3 is 17.9 Å². The molecule has 8 N–H and O–H groups in total. The first kappa shape index (κ1) is 38.1. The second-order valence-electron chi connectivity index (χ2n) is 13.7. The summed E-state index contributed by atoms with van der Waals surface area (Å²) in [5.74, 6) is -8.07. The number of aromatic hydroxyl groups is 4. The lowest BCUT2D eigenvalue weighted by atomic mass is 9.49. The number of phenolic OH excluding ortho intramolecular Hbond substituents is 4. The van der Waals surface area contributed by atoms with Crippen LogP contribution >= 0.6 is 0 Å². The van der Waals surface area contributed by atoms with Crippen molar-refractivity contribution in [2.45, 2.75) is 54.8 Å². The predicted octanol–water partition coefficient (Wildman–Crippen LogP) is 2.93. The van der Waals surface area contributed by atoms with Crippen LogP contribution in [0.4, 0.5) is 0 Å². The van der Waals surface area contributed by atoms with Gasteiger partial charge in [0.25, 0.3) is 0 Å². The van der Waals surface area contributed by atoms with E-state index in [4.69, 9.17) is 14.2 Å². The van der Waals surface area contributed by atoms with Gasteiger partial charge in [0.05, 0.1) is 6.61 Å². The molecule has 0 amide bonds. The number of benzene rings is 3. The van der Waals surface area contributed by atoms with Gasteiger partial charge in [-0.3, -0.25) is 5.32 Å². The standard InChI is InChI=1S/C40H41NO13/c1-3-23-5-4-6-26(17-23)18-28-35(53-33(46)13-9-24-7-11-29(42)31(44)19-24)39(54-34(47)14-10-25-8-12-30(43)32(45)20-25)37(22-38(28,50)36(48)49)16-15-27(21-52-37)40(39,51)41-2/h4-17,19-20,27-28,35,41-45,50-51H,3,18,21-22H2,1-2H3,(H,48,49)/b13-9+,14-10+/t27?,28-,35-,37?,38-,39-,40+/m1/s1. The van der Waals surface area contributed by atoms with Crippen LogP contribution in [0.15, 0.2) is 85.0 Å². The van der Waals surface area contributed by atoms with Crippen molar-refractivity contribution in [1.82, 2.24) is 5.32 Å². The fourth-order valence-electron chi connectivity index (χ4n) is 7.94. The number of ether oxygens (including phenoxy) is 3. The minimum absolute atomic E-state index is 0.195. The summed E-state index contributed by atoms with van der Waals surface area (Å²) in [7, 11) is 1.39. The maximum Gasteiger partial charge on any atom is 0.336 e. The van der Waals surface area contributed by atoms with Gasteiger partial charge in [0.1, 0.15) is 5.60 Å². The van der Waals surface area contributed by atoms with Gasteiger partial charge < -0.3 is 50.0 Å². The van der Waals surface area contributed by atoms with E-state index >= 15 is 0 Å². The van der Waals surface area contributed by atoms with Crippen molar-refractivity contribution < 1.29 is 64.3 Å². The normalized spacial score (nSPS) is 30.0. The molecule has 0 aromatic heterocycles. The van der Waals surface area contributed by atoms with Crippen LogP contribution in [-0.2, 0) is 41.4 Å². The summed E-state index contributed by atoms with van der Waals surface area (Å²) < 4.78 is 18.7. The Bertz CT molecular complexity index is 2060. The summed E-state index contributed by atoms with van der Waals surface area (Å²) in [5.41, 5.74) is -7.52. The Kier molecular flexibility index (Phi) is 10.1.